The minimum atomic E-state index is -0.809. The quantitative estimate of drug-likeness (QED) is 0.877. The standard InChI is InChI=1S/C17H16FNO3/c1-11(2)22-17(21)15-13(18)9-6-10-14(15)19-16(20)12-7-4-3-5-8-12/h3-11H,1-2H3,(H,19,20). The maximum atomic E-state index is 14.0. The second-order valence-electron chi connectivity index (χ2n) is 4.94. The number of hydrogen-bond donors (Lipinski definition) is 1. The van der Waals surface area contributed by atoms with E-state index < -0.39 is 17.7 Å². The first-order valence-electron chi connectivity index (χ1n) is 6.85. The first kappa shape index (κ1) is 15.7. The molecule has 1 amide bonds. The predicted octanol–water partition coefficient (Wildman–Crippen LogP) is 3.64. The van der Waals surface area contributed by atoms with Gasteiger partial charge in [-0.05, 0) is 38.1 Å². The van der Waals surface area contributed by atoms with Crippen molar-refractivity contribution in [3.8, 4) is 0 Å². The van der Waals surface area contributed by atoms with Crippen LogP contribution in [-0.4, -0.2) is 18.0 Å². The summed E-state index contributed by atoms with van der Waals surface area (Å²) in [5.41, 5.74) is 0.218. The van der Waals surface area contributed by atoms with Gasteiger partial charge in [-0.25, -0.2) is 9.18 Å². The minimum absolute atomic E-state index is 0.0829. The SMILES string of the molecule is CC(C)OC(=O)c1c(F)cccc1NC(=O)c1ccccc1. The molecule has 0 aliphatic heterocycles. The molecule has 0 aliphatic rings. The van der Waals surface area contributed by atoms with E-state index in [9.17, 15) is 14.0 Å². The first-order chi connectivity index (χ1) is 10.5. The molecule has 1 N–H and O–H groups in total. The summed E-state index contributed by atoms with van der Waals surface area (Å²) < 4.78 is 19.0. The number of hydrogen-bond acceptors (Lipinski definition) is 3. The van der Waals surface area contributed by atoms with Crippen molar-refractivity contribution >= 4 is 17.6 Å². The van der Waals surface area contributed by atoms with Gasteiger partial charge in [0.05, 0.1) is 11.8 Å². The highest BCUT2D eigenvalue weighted by Crippen LogP contribution is 2.21. The predicted molar refractivity (Wildman–Crippen MR) is 81.3 cm³/mol. The molecule has 2 aromatic carbocycles. The van der Waals surface area contributed by atoms with Crippen molar-refractivity contribution in [3.05, 3.63) is 65.5 Å². The van der Waals surface area contributed by atoms with Crippen LogP contribution in [0, 0.1) is 5.82 Å². The van der Waals surface area contributed by atoms with Crippen LogP contribution in [0.3, 0.4) is 0 Å². The zero-order valence-electron chi connectivity index (χ0n) is 12.3. The van der Waals surface area contributed by atoms with Gasteiger partial charge in [0.25, 0.3) is 5.91 Å². The summed E-state index contributed by atoms with van der Waals surface area (Å²) in [5, 5.41) is 2.54. The van der Waals surface area contributed by atoms with Crippen LogP contribution in [0.2, 0.25) is 0 Å². The smallest absolute Gasteiger partial charge is 0.343 e. The van der Waals surface area contributed by atoms with Gasteiger partial charge in [-0.1, -0.05) is 24.3 Å². The topological polar surface area (TPSA) is 55.4 Å². The summed E-state index contributed by atoms with van der Waals surface area (Å²) in [7, 11) is 0. The van der Waals surface area contributed by atoms with Crippen molar-refractivity contribution in [1.82, 2.24) is 0 Å². The lowest BCUT2D eigenvalue weighted by Gasteiger charge is -2.13. The molecule has 2 rings (SSSR count). The van der Waals surface area contributed by atoms with E-state index in [0.29, 0.717) is 5.56 Å². The van der Waals surface area contributed by atoms with Crippen LogP contribution in [0.4, 0.5) is 10.1 Å². The number of ether oxygens (including phenoxy) is 1. The molecule has 114 valence electrons. The fraction of sp³-hybridized carbons (Fsp3) is 0.176. The van der Waals surface area contributed by atoms with Crippen molar-refractivity contribution in [2.75, 3.05) is 5.32 Å². The maximum absolute atomic E-state index is 14.0. The molecule has 0 spiro atoms. The van der Waals surface area contributed by atoms with Crippen molar-refractivity contribution in [1.29, 1.82) is 0 Å². The van der Waals surface area contributed by atoms with Gasteiger partial charge in [-0.3, -0.25) is 4.79 Å². The molecular weight excluding hydrogens is 285 g/mol. The molecule has 2 aromatic rings. The lowest BCUT2D eigenvalue weighted by molar-refractivity contribution is 0.0374. The normalized spacial score (nSPS) is 10.4. The van der Waals surface area contributed by atoms with Gasteiger partial charge in [0, 0.05) is 5.56 Å². The molecule has 0 saturated heterocycles. The second kappa shape index (κ2) is 6.85. The molecule has 0 atom stereocenters. The summed E-state index contributed by atoms with van der Waals surface area (Å²) in [6.07, 6.45) is -0.384. The molecule has 0 bridgehead atoms. The monoisotopic (exact) mass is 301 g/mol. The fourth-order valence-corrected chi connectivity index (χ4v) is 1.89. The van der Waals surface area contributed by atoms with E-state index in [2.05, 4.69) is 5.32 Å². The molecule has 0 saturated carbocycles. The highest BCUT2D eigenvalue weighted by atomic mass is 19.1. The third-order valence-corrected chi connectivity index (χ3v) is 2.84. The average Bonchev–Trinajstić information content (AvgIpc) is 2.47. The van der Waals surface area contributed by atoms with Gasteiger partial charge in [-0.2, -0.15) is 0 Å². The molecule has 22 heavy (non-hydrogen) atoms. The van der Waals surface area contributed by atoms with Crippen molar-refractivity contribution in [3.63, 3.8) is 0 Å². The first-order valence-corrected chi connectivity index (χ1v) is 6.85. The van der Waals surface area contributed by atoms with Crippen molar-refractivity contribution in [2.24, 2.45) is 0 Å². The summed E-state index contributed by atoms with van der Waals surface area (Å²) in [6, 6.07) is 12.5. The Bertz CT molecular complexity index is 684. The fourth-order valence-electron chi connectivity index (χ4n) is 1.89. The van der Waals surface area contributed by atoms with Crippen molar-refractivity contribution in [2.45, 2.75) is 20.0 Å². The van der Waals surface area contributed by atoms with Gasteiger partial charge in [-0.15, -0.1) is 0 Å². The number of nitrogens with one attached hydrogen (secondary N) is 1. The Morgan fingerprint density at radius 2 is 1.73 bits per heavy atom. The Labute approximate surface area is 127 Å². The largest absolute Gasteiger partial charge is 0.459 e. The number of carbonyl (C=O) groups is 2. The van der Waals surface area contributed by atoms with Crippen LogP contribution in [-0.2, 0) is 4.74 Å². The van der Waals surface area contributed by atoms with E-state index in [0.717, 1.165) is 6.07 Å². The number of rotatable bonds is 4. The zero-order valence-corrected chi connectivity index (χ0v) is 12.3. The zero-order chi connectivity index (χ0) is 16.1. The Hall–Kier alpha value is -2.69. The van der Waals surface area contributed by atoms with Crippen molar-refractivity contribution < 1.29 is 18.7 Å². The summed E-state index contributed by atoms with van der Waals surface area (Å²) in [5.74, 6) is -1.97. The van der Waals surface area contributed by atoms with E-state index in [1.807, 2.05) is 0 Å². The summed E-state index contributed by atoms with van der Waals surface area (Å²) >= 11 is 0. The maximum Gasteiger partial charge on any atom is 0.343 e. The van der Waals surface area contributed by atoms with Crippen LogP contribution >= 0.6 is 0 Å². The minimum Gasteiger partial charge on any atom is -0.459 e. The second-order valence-corrected chi connectivity index (χ2v) is 4.94. The molecule has 0 unspecified atom stereocenters. The van der Waals surface area contributed by atoms with Crippen LogP contribution in [0.25, 0.3) is 0 Å². The lowest BCUT2D eigenvalue weighted by Crippen LogP contribution is -2.19. The Morgan fingerprint density at radius 3 is 2.36 bits per heavy atom. The summed E-state index contributed by atoms with van der Waals surface area (Å²) in [4.78, 5) is 24.1. The van der Waals surface area contributed by atoms with E-state index in [-0.39, 0.29) is 17.4 Å². The molecule has 0 radical (unpaired) electrons. The number of amides is 1. The number of esters is 1. The third-order valence-electron chi connectivity index (χ3n) is 2.84. The van der Waals surface area contributed by atoms with Gasteiger partial charge in [0.1, 0.15) is 11.4 Å². The number of halogens is 1. The van der Waals surface area contributed by atoms with E-state index >= 15 is 0 Å². The summed E-state index contributed by atoms with van der Waals surface area (Å²) in [6.45, 7) is 3.34. The van der Waals surface area contributed by atoms with Crippen LogP contribution in [0.15, 0.2) is 48.5 Å². The molecule has 0 aliphatic carbocycles. The molecule has 5 heteroatoms. The number of anilines is 1. The Morgan fingerprint density at radius 1 is 1.05 bits per heavy atom. The molecule has 4 nitrogen and oxygen atoms in total. The van der Waals surface area contributed by atoms with E-state index in [1.165, 1.54) is 12.1 Å². The Balaban J connectivity index is 2.30. The number of benzene rings is 2. The number of carbonyl (C=O) groups excluding carboxylic acids is 2. The van der Waals surface area contributed by atoms with Gasteiger partial charge >= 0.3 is 5.97 Å². The highest BCUT2D eigenvalue weighted by molar-refractivity contribution is 6.08. The molecular formula is C17H16FNO3. The molecule has 0 aromatic heterocycles. The van der Waals surface area contributed by atoms with E-state index in [4.69, 9.17) is 4.74 Å². The van der Waals surface area contributed by atoms with Crippen LogP contribution in [0.5, 0.6) is 0 Å². The lowest BCUT2D eigenvalue weighted by atomic mass is 10.1. The van der Waals surface area contributed by atoms with E-state index in [1.54, 1.807) is 44.2 Å². The van der Waals surface area contributed by atoms with Crippen LogP contribution in [0.1, 0.15) is 34.6 Å². The Kier molecular flexibility index (Phi) is 4.88. The van der Waals surface area contributed by atoms with Gasteiger partial charge in [0.2, 0.25) is 0 Å². The molecule has 0 heterocycles. The third kappa shape index (κ3) is 3.69. The highest BCUT2D eigenvalue weighted by Gasteiger charge is 2.20. The molecule has 0 fully saturated rings. The van der Waals surface area contributed by atoms with Gasteiger partial charge < -0.3 is 10.1 Å². The average molecular weight is 301 g/mol. The van der Waals surface area contributed by atoms with Crippen LogP contribution < -0.4 is 5.32 Å². The van der Waals surface area contributed by atoms with Gasteiger partial charge in [0.15, 0.2) is 0 Å².